The minimum atomic E-state index is 0.176. The highest BCUT2D eigenvalue weighted by Gasteiger charge is 2.26. The number of amides is 2. The van der Waals surface area contributed by atoms with Gasteiger partial charge in [-0.05, 0) is 71.5 Å². The Kier molecular flexibility index (Phi) is 8.05. The molecule has 0 radical (unpaired) electrons. The molecule has 0 saturated carbocycles. The lowest BCUT2D eigenvalue weighted by Crippen LogP contribution is -2.54. The fourth-order valence-electron chi connectivity index (χ4n) is 5.03. The third kappa shape index (κ3) is 5.57. The van der Waals surface area contributed by atoms with Gasteiger partial charge in [-0.1, -0.05) is 49.4 Å². The van der Waals surface area contributed by atoms with Crippen LogP contribution in [0.1, 0.15) is 38.3 Å². The molecule has 2 amide bonds. The lowest BCUT2D eigenvalue weighted by atomic mass is 9.88. The highest BCUT2D eigenvalue weighted by molar-refractivity contribution is 5.91. The summed E-state index contributed by atoms with van der Waals surface area (Å²) in [4.78, 5) is 27.5. The molecular formula is C31H32N4O2. The summed E-state index contributed by atoms with van der Waals surface area (Å²) in [6.45, 7) is 8.36. The molecule has 0 bridgehead atoms. The van der Waals surface area contributed by atoms with Crippen LogP contribution in [-0.4, -0.2) is 42.9 Å². The molecule has 0 aromatic heterocycles. The Balaban J connectivity index is 1.68. The van der Waals surface area contributed by atoms with Gasteiger partial charge in [0.2, 0.25) is 12.3 Å². The van der Waals surface area contributed by atoms with Crippen LogP contribution in [0.4, 0.5) is 5.69 Å². The van der Waals surface area contributed by atoms with Gasteiger partial charge in [-0.2, -0.15) is 5.26 Å². The first-order chi connectivity index (χ1) is 18.0. The average Bonchev–Trinajstić information content (AvgIpc) is 2.95. The average molecular weight is 493 g/mol. The molecule has 3 aromatic rings. The maximum Gasteiger partial charge on any atom is 0.222 e. The van der Waals surface area contributed by atoms with E-state index < -0.39 is 0 Å². The van der Waals surface area contributed by atoms with Crippen molar-refractivity contribution in [2.75, 3.05) is 24.5 Å². The second kappa shape index (κ2) is 11.6. The van der Waals surface area contributed by atoms with E-state index in [1.54, 1.807) is 6.20 Å². The van der Waals surface area contributed by atoms with E-state index in [9.17, 15) is 14.9 Å². The largest absolute Gasteiger partial charge is 0.368 e. The summed E-state index contributed by atoms with van der Waals surface area (Å²) in [6.07, 6.45) is 2.92. The van der Waals surface area contributed by atoms with E-state index >= 15 is 0 Å². The molecule has 0 aliphatic carbocycles. The molecule has 3 aromatic carbocycles. The Labute approximate surface area is 218 Å². The molecule has 1 unspecified atom stereocenters. The number of allylic oxidation sites excluding steroid dienone is 1. The number of anilines is 1. The van der Waals surface area contributed by atoms with Crippen LogP contribution in [0.2, 0.25) is 0 Å². The van der Waals surface area contributed by atoms with E-state index in [1.807, 2.05) is 49.1 Å². The Morgan fingerprint density at radius 2 is 1.65 bits per heavy atom. The van der Waals surface area contributed by atoms with Crippen LogP contribution >= 0.6 is 0 Å². The number of nitrogens with zero attached hydrogens (tertiary/aromatic N) is 3. The molecule has 1 atom stereocenters. The molecule has 0 spiro atoms. The van der Waals surface area contributed by atoms with Gasteiger partial charge < -0.3 is 15.1 Å². The second-order valence-corrected chi connectivity index (χ2v) is 9.31. The van der Waals surface area contributed by atoms with Crippen molar-refractivity contribution in [1.82, 2.24) is 10.2 Å². The van der Waals surface area contributed by atoms with Gasteiger partial charge in [0.25, 0.3) is 0 Å². The van der Waals surface area contributed by atoms with Crippen molar-refractivity contribution < 1.29 is 9.59 Å². The summed E-state index contributed by atoms with van der Waals surface area (Å²) >= 11 is 0. The van der Waals surface area contributed by atoms with Crippen LogP contribution < -0.4 is 10.2 Å². The van der Waals surface area contributed by atoms with Crippen LogP contribution in [0.5, 0.6) is 0 Å². The van der Waals surface area contributed by atoms with Crippen molar-refractivity contribution in [3.8, 4) is 28.3 Å². The van der Waals surface area contributed by atoms with Crippen molar-refractivity contribution in [3.05, 3.63) is 84.1 Å². The molecule has 37 heavy (non-hydrogen) atoms. The maximum atomic E-state index is 12.2. The number of carbonyl (C=O) groups excluding carboxylic acids is 2. The summed E-state index contributed by atoms with van der Waals surface area (Å²) in [6, 6.07) is 24.6. The van der Waals surface area contributed by atoms with Crippen LogP contribution in [0.25, 0.3) is 27.8 Å². The topological polar surface area (TPSA) is 76.4 Å². The Morgan fingerprint density at radius 3 is 2.19 bits per heavy atom. The van der Waals surface area contributed by atoms with Gasteiger partial charge in [-0.25, -0.2) is 0 Å². The van der Waals surface area contributed by atoms with Crippen molar-refractivity contribution in [2.45, 2.75) is 33.2 Å². The van der Waals surface area contributed by atoms with Gasteiger partial charge in [0.1, 0.15) is 0 Å². The van der Waals surface area contributed by atoms with E-state index in [0.29, 0.717) is 18.4 Å². The number of rotatable bonds is 7. The summed E-state index contributed by atoms with van der Waals surface area (Å²) < 4.78 is 0. The Morgan fingerprint density at radius 1 is 1.03 bits per heavy atom. The third-order valence-corrected chi connectivity index (χ3v) is 6.95. The number of nitriles is 1. The molecule has 1 aliphatic heterocycles. The molecular weight excluding hydrogens is 460 g/mol. The number of hydrogen-bond donors (Lipinski definition) is 1. The lowest BCUT2D eigenvalue weighted by molar-refractivity contribution is -0.133. The van der Waals surface area contributed by atoms with Gasteiger partial charge in [-0.3, -0.25) is 9.59 Å². The monoisotopic (exact) mass is 492 g/mol. The molecule has 1 heterocycles. The highest BCUT2D eigenvalue weighted by Crippen LogP contribution is 2.37. The van der Waals surface area contributed by atoms with Crippen LogP contribution in [0, 0.1) is 11.3 Å². The molecule has 1 N–H and O–H groups in total. The maximum absolute atomic E-state index is 12.2. The standard InChI is InChI=1S/C31H32N4O2/c1-4-30(37)35-17-16-34(20-23(35)3)27-14-12-26(13-15-27)29-7-5-6-28(31(29)22(2)19-33-21-36)25-10-8-24(18-32)9-11-25/h5-15,19,21,23H,4,16-17,20H2,1-3H3,(H,33,36)/b22-19-. The van der Waals surface area contributed by atoms with E-state index in [-0.39, 0.29) is 11.9 Å². The normalized spacial score (nSPS) is 15.7. The molecule has 6 heteroatoms. The molecule has 1 fully saturated rings. The van der Waals surface area contributed by atoms with Crippen LogP contribution in [0.15, 0.2) is 72.9 Å². The number of hydrogen-bond acceptors (Lipinski definition) is 4. The van der Waals surface area contributed by atoms with Gasteiger partial charge in [0, 0.05) is 44.0 Å². The Bertz CT molecular complexity index is 1340. The zero-order chi connectivity index (χ0) is 26.4. The first-order valence-electron chi connectivity index (χ1n) is 12.6. The summed E-state index contributed by atoms with van der Waals surface area (Å²) in [7, 11) is 0. The number of benzene rings is 3. The van der Waals surface area contributed by atoms with Crippen molar-refractivity contribution in [3.63, 3.8) is 0 Å². The number of carbonyl (C=O) groups is 2. The Hall–Kier alpha value is -4.37. The first kappa shape index (κ1) is 25.7. The molecule has 1 aliphatic rings. The van der Waals surface area contributed by atoms with Crippen LogP contribution in [-0.2, 0) is 9.59 Å². The predicted octanol–water partition coefficient (Wildman–Crippen LogP) is 5.45. The second-order valence-electron chi connectivity index (χ2n) is 9.31. The van der Waals surface area contributed by atoms with E-state index in [2.05, 4.69) is 59.6 Å². The van der Waals surface area contributed by atoms with Gasteiger partial charge in [-0.15, -0.1) is 0 Å². The zero-order valence-corrected chi connectivity index (χ0v) is 21.6. The van der Waals surface area contributed by atoms with Gasteiger partial charge >= 0.3 is 0 Å². The van der Waals surface area contributed by atoms with Crippen LogP contribution in [0.3, 0.4) is 0 Å². The number of nitrogens with one attached hydrogen (secondary N) is 1. The van der Waals surface area contributed by atoms with Crippen molar-refractivity contribution >= 4 is 23.6 Å². The fourth-order valence-corrected chi connectivity index (χ4v) is 5.03. The molecule has 188 valence electrons. The lowest BCUT2D eigenvalue weighted by Gasteiger charge is -2.41. The summed E-state index contributed by atoms with van der Waals surface area (Å²) in [5.41, 5.74) is 7.85. The summed E-state index contributed by atoms with van der Waals surface area (Å²) in [5.74, 6) is 0.213. The quantitative estimate of drug-likeness (QED) is 0.445. The SMILES string of the molecule is CCC(=O)N1CCN(c2ccc(-c3cccc(-c4ccc(C#N)cc4)c3/C(C)=C\NC=O)cc2)CC1C. The first-order valence-corrected chi connectivity index (χ1v) is 12.6. The smallest absolute Gasteiger partial charge is 0.222 e. The highest BCUT2D eigenvalue weighted by atomic mass is 16.2. The van der Waals surface area contributed by atoms with Crippen molar-refractivity contribution in [2.24, 2.45) is 0 Å². The number of piperazine rings is 1. The fraction of sp³-hybridized carbons (Fsp3) is 0.258. The minimum absolute atomic E-state index is 0.176. The zero-order valence-electron chi connectivity index (χ0n) is 21.6. The van der Waals surface area contributed by atoms with Gasteiger partial charge in [0.15, 0.2) is 0 Å². The van der Waals surface area contributed by atoms with Crippen molar-refractivity contribution in [1.29, 1.82) is 5.26 Å². The third-order valence-electron chi connectivity index (χ3n) is 6.95. The minimum Gasteiger partial charge on any atom is -0.368 e. The van der Waals surface area contributed by atoms with Gasteiger partial charge in [0.05, 0.1) is 11.6 Å². The molecule has 6 nitrogen and oxygen atoms in total. The summed E-state index contributed by atoms with van der Waals surface area (Å²) in [5, 5.41) is 11.9. The van der Waals surface area contributed by atoms with E-state index in [0.717, 1.165) is 58.7 Å². The van der Waals surface area contributed by atoms with E-state index in [4.69, 9.17) is 0 Å². The predicted molar refractivity (Wildman–Crippen MR) is 149 cm³/mol. The molecule has 1 saturated heterocycles. The van der Waals surface area contributed by atoms with E-state index in [1.165, 1.54) is 0 Å². The molecule has 4 rings (SSSR count).